The largest absolute Gasteiger partial charge is 0.324 e. The molecule has 1 amide bonds. The molecule has 0 bridgehead atoms. The predicted molar refractivity (Wildman–Crippen MR) is 99.1 cm³/mol. The number of anilines is 1. The number of hydrogen-bond acceptors (Lipinski definition) is 1. The van der Waals surface area contributed by atoms with Gasteiger partial charge in [-0.15, -0.1) is 0 Å². The van der Waals surface area contributed by atoms with Crippen molar-refractivity contribution in [2.24, 2.45) is 0 Å². The van der Waals surface area contributed by atoms with Gasteiger partial charge in [0, 0.05) is 12.1 Å². The van der Waals surface area contributed by atoms with Crippen molar-refractivity contribution in [2.75, 3.05) is 25.0 Å². The van der Waals surface area contributed by atoms with E-state index in [9.17, 15) is 4.79 Å². The first-order valence-corrected chi connectivity index (χ1v) is 8.57. The van der Waals surface area contributed by atoms with Gasteiger partial charge in [-0.25, -0.2) is 0 Å². The average molecular weight is 321 g/mol. The van der Waals surface area contributed by atoms with Crippen molar-refractivity contribution in [3.8, 4) is 0 Å². The Labute approximate surface area is 144 Å². The number of hydrogen-bond donors (Lipinski definition) is 2. The molecule has 24 heavy (non-hydrogen) atoms. The number of rotatable bonds is 4. The Balaban J connectivity index is 1.57. The van der Waals surface area contributed by atoms with Crippen molar-refractivity contribution in [1.82, 2.24) is 0 Å². The Morgan fingerprint density at radius 3 is 2.62 bits per heavy atom. The van der Waals surface area contributed by atoms with E-state index >= 15 is 0 Å². The Kier molecular flexibility index (Phi) is 5.11. The van der Waals surface area contributed by atoms with Gasteiger partial charge in [0.05, 0.1) is 13.1 Å². The molecule has 1 unspecified atom stereocenters. The number of quaternary nitrogens is 1. The molecule has 0 fully saturated rings. The van der Waals surface area contributed by atoms with Crippen LogP contribution in [0.2, 0.25) is 0 Å². The van der Waals surface area contributed by atoms with Gasteiger partial charge in [-0.05, 0) is 48.3 Å². The zero-order valence-corrected chi connectivity index (χ0v) is 14.4. The summed E-state index contributed by atoms with van der Waals surface area (Å²) in [6.07, 6.45) is 3.30. The second-order valence-corrected chi connectivity index (χ2v) is 6.59. The van der Waals surface area contributed by atoms with E-state index in [0.29, 0.717) is 6.54 Å². The normalized spacial score (nSPS) is 17.2. The highest BCUT2D eigenvalue weighted by molar-refractivity contribution is 5.92. The number of carbonyl (C=O) groups excluding carboxylic acids is 1. The minimum Gasteiger partial charge on any atom is -0.324 e. The molecule has 0 aliphatic carbocycles. The molecule has 0 saturated heterocycles. The highest BCUT2D eigenvalue weighted by Gasteiger charge is 2.19. The third kappa shape index (κ3) is 4.12. The Bertz CT molecular complexity index is 750. The molecular formula is C21H25N2O+. The van der Waals surface area contributed by atoms with E-state index in [1.807, 2.05) is 32.0 Å². The fourth-order valence-electron chi connectivity index (χ4n) is 3.15. The van der Waals surface area contributed by atoms with Crippen molar-refractivity contribution in [3.05, 3.63) is 71.3 Å². The quantitative estimate of drug-likeness (QED) is 0.892. The number of carbonyl (C=O) groups is 1. The minimum atomic E-state index is 0.0928. The molecule has 2 aromatic rings. The van der Waals surface area contributed by atoms with Gasteiger partial charge in [0.1, 0.15) is 0 Å². The van der Waals surface area contributed by atoms with Crippen molar-refractivity contribution in [2.45, 2.75) is 20.3 Å². The van der Waals surface area contributed by atoms with Gasteiger partial charge in [0.2, 0.25) is 0 Å². The maximum atomic E-state index is 12.3. The molecule has 1 atom stereocenters. The monoisotopic (exact) mass is 321 g/mol. The third-order valence-electron chi connectivity index (χ3n) is 4.61. The fourth-order valence-corrected chi connectivity index (χ4v) is 3.15. The first kappa shape index (κ1) is 16.5. The van der Waals surface area contributed by atoms with E-state index in [4.69, 9.17) is 0 Å². The van der Waals surface area contributed by atoms with E-state index in [1.54, 1.807) is 0 Å². The van der Waals surface area contributed by atoms with Crippen LogP contribution in [0.25, 0.3) is 5.57 Å². The molecule has 1 aliphatic rings. The standard InChI is InChI=1S/C21H24N2O/c1-16-8-9-17(2)20(14-16)22-21(24)15-23-12-10-19(11-13-23)18-6-4-3-5-7-18/h3-10,14H,11-13,15H2,1-2H3,(H,22,24)/p+1. The van der Waals surface area contributed by atoms with Gasteiger partial charge < -0.3 is 10.2 Å². The topological polar surface area (TPSA) is 33.5 Å². The Morgan fingerprint density at radius 2 is 1.92 bits per heavy atom. The number of aryl methyl sites for hydroxylation is 2. The summed E-state index contributed by atoms with van der Waals surface area (Å²) in [5.41, 5.74) is 5.90. The first-order valence-electron chi connectivity index (χ1n) is 8.57. The lowest BCUT2D eigenvalue weighted by Gasteiger charge is -2.23. The number of nitrogens with one attached hydrogen (secondary N) is 2. The van der Waals surface area contributed by atoms with E-state index in [0.717, 1.165) is 36.3 Å². The summed E-state index contributed by atoms with van der Waals surface area (Å²) >= 11 is 0. The Morgan fingerprint density at radius 1 is 1.12 bits per heavy atom. The van der Waals surface area contributed by atoms with E-state index < -0.39 is 0 Å². The maximum Gasteiger partial charge on any atom is 0.279 e. The summed E-state index contributed by atoms with van der Waals surface area (Å²) < 4.78 is 0. The summed E-state index contributed by atoms with van der Waals surface area (Å²) in [4.78, 5) is 13.7. The van der Waals surface area contributed by atoms with Crippen LogP contribution < -0.4 is 10.2 Å². The Hall–Kier alpha value is -2.39. The van der Waals surface area contributed by atoms with Gasteiger partial charge in [-0.3, -0.25) is 4.79 Å². The molecule has 0 radical (unpaired) electrons. The summed E-state index contributed by atoms with van der Waals surface area (Å²) in [5, 5.41) is 3.06. The van der Waals surface area contributed by atoms with Crippen LogP contribution in [0.4, 0.5) is 5.69 Å². The SMILES string of the molecule is Cc1ccc(C)c(NC(=O)C[NH+]2CC=C(c3ccccc3)CC2)c1. The van der Waals surface area contributed by atoms with Crippen molar-refractivity contribution in [3.63, 3.8) is 0 Å². The van der Waals surface area contributed by atoms with Crippen LogP contribution in [0.3, 0.4) is 0 Å². The predicted octanol–water partition coefficient (Wildman–Crippen LogP) is 2.61. The van der Waals surface area contributed by atoms with Gasteiger partial charge in [0.15, 0.2) is 6.54 Å². The molecule has 2 aromatic carbocycles. The molecule has 0 aromatic heterocycles. The lowest BCUT2D eigenvalue weighted by atomic mass is 10.00. The van der Waals surface area contributed by atoms with Crippen molar-refractivity contribution < 1.29 is 9.69 Å². The zero-order valence-electron chi connectivity index (χ0n) is 14.4. The number of benzene rings is 2. The van der Waals surface area contributed by atoms with Crippen molar-refractivity contribution >= 4 is 17.2 Å². The van der Waals surface area contributed by atoms with Gasteiger partial charge in [0.25, 0.3) is 5.91 Å². The van der Waals surface area contributed by atoms with Gasteiger partial charge in [-0.1, -0.05) is 42.5 Å². The first-order chi connectivity index (χ1) is 11.6. The highest BCUT2D eigenvalue weighted by atomic mass is 16.2. The van der Waals surface area contributed by atoms with E-state index in [-0.39, 0.29) is 5.91 Å². The second-order valence-electron chi connectivity index (χ2n) is 6.59. The van der Waals surface area contributed by atoms with E-state index in [2.05, 4.69) is 41.7 Å². The third-order valence-corrected chi connectivity index (χ3v) is 4.61. The van der Waals surface area contributed by atoms with Crippen LogP contribution in [0.5, 0.6) is 0 Å². The van der Waals surface area contributed by atoms with E-state index in [1.165, 1.54) is 16.0 Å². The molecule has 3 nitrogen and oxygen atoms in total. The minimum absolute atomic E-state index is 0.0928. The summed E-state index contributed by atoms with van der Waals surface area (Å²) in [7, 11) is 0. The van der Waals surface area contributed by atoms with Gasteiger partial charge >= 0.3 is 0 Å². The maximum absolute atomic E-state index is 12.3. The zero-order chi connectivity index (χ0) is 16.9. The summed E-state index contributed by atoms with van der Waals surface area (Å²) in [6, 6.07) is 16.7. The second kappa shape index (κ2) is 7.45. The van der Waals surface area contributed by atoms with Crippen LogP contribution in [-0.2, 0) is 4.79 Å². The van der Waals surface area contributed by atoms with Crippen LogP contribution in [-0.4, -0.2) is 25.5 Å². The molecule has 1 aliphatic heterocycles. The molecule has 124 valence electrons. The lowest BCUT2D eigenvalue weighted by Crippen LogP contribution is -3.13. The van der Waals surface area contributed by atoms with Crippen molar-refractivity contribution in [1.29, 1.82) is 0 Å². The molecule has 1 heterocycles. The van der Waals surface area contributed by atoms with Crippen LogP contribution in [0.15, 0.2) is 54.6 Å². The fraction of sp³-hybridized carbons (Fsp3) is 0.286. The molecule has 3 heteroatoms. The van der Waals surface area contributed by atoms with Gasteiger partial charge in [-0.2, -0.15) is 0 Å². The summed E-state index contributed by atoms with van der Waals surface area (Å²) in [5.74, 6) is 0.0928. The molecule has 0 saturated carbocycles. The molecule has 0 spiro atoms. The van der Waals surface area contributed by atoms with Crippen LogP contribution in [0, 0.1) is 13.8 Å². The van der Waals surface area contributed by atoms with Crippen LogP contribution >= 0.6 is 0 Å². The molecule has 2 N–H and O–H groups in total. The molecular weight excluding hydrogens is 296 g/mol. The smallest absolute Gasteiger partial charge is 0.279 e. The highest BCUT2D eigenvalue weighted by Crippen LogP contribution is 2.18. The average Bonchev–Trinajstić information content (AvgIpc) is 2.59. The lowest BCUT2D eigenvalue weighted by molar-refractivity contribution is -0.886. The summed E-state index contributed by atoms with van der Waals surface area (Å²) in [6.45, 7) is 6.50. The van der Waals surface area contributed by atoms with Crippen LogP contribution in [0.1, 0.15) is 23.1 Å². The molecule has 3 rings (SSSR count). The number of amides is 1.